The van der Waals surface area contributed by atoms with Gasteiger partial charge in [0.15, 0.2) is 11.4 Å². The molecule has 1 unspecified atom stereocenters. The van der Waals surface area contributed by atoms with E-state index in [-0.39, 0.29) is 46.9 Å². The van der Waals surface area contributed by atoms with E-state index in [1.165, 1.54) is 89.5 Å². The quantitative estimate of drug-likeness (QED) is 0.244. The number of ether oxygens (including phenoxy) is 2. The highest BCUT2D eigenvalue weighted by atomic mass is 16.6. The molecule has 3 saturated heterocycles. The number of hydrogen-bond donors (Lipinski definition) is 2. The number of esters is 2. The first-order valence-electron chi connectivity index (χ1n) is 30.9. The van der Waals surface area contributed by atoms with Crippen LogP contribution in [-0.4, -0.2) is 65.1 Å². The summed E-state index contributed by atoms with van der Waals surface area (Å²) in [6.07, 6.45) is 28.1. The van der Waals surface area contributed by atoms with Crippen molar-refractivity contribution in [2.45, 2.75) is 159 Å². The summed E-state index contributed by atoms with van der Waals surface area (Å²) in [6.45, 7) is 6.16. The van der Waals surface area contributed by atoms with Gasteiger partial charge in [-0.15, -0.1) is 0 Å². The second-order valence-corrected chi connectivity index (χ2v) is 27.9. The van der Waals surface area contributed by atoms with E-state index < -0.39 is 22.3 Å². The smallest absolute Gasteiger partial charge is 0.339 e. The number of nitrogens with zero attached hydrogens (tertiary/aromatic N) is 2. The Morgan fingerprint density at radius 1 is 0.896 bits per heavy atom. The Morgan fingerprint density at radius 3 is 2.62 bits per heavy atom. The van der Waals surface area contributed by atoms with Crippen LogP contribution in [-0.2, 0) is 52.0 Å². The van der Waals surface area contributed by atoms with E-state index in [4.69, 9.17) is 15.2 Å². The standard InChI is InChI=1S/C69H77N3O5/c1-39-25-47-19-21-56-50-35-66-34-43-14-12-41(13-15-43)26-44-27-46-18-16-42-17-20-52(46)48(28-44)31-49-32-55-53(61(59(39)49)62(47)72(56)38-66)22-23-67-63(57(73)33-51(71(36-50)37-66)29-40-7-3-2-4-8-40)76-65(75)68(55,67)58(30-42)69(67)54-11-5-9-45(10-6-24-70)60(54)64(74)77-69/h5,9,11-15,17,20,27-28,32,39-40,42,50-51,56,58-59,61,73H,2-4,6-8,10,16,18-19,21-26,29-31,33-38,70H2,1H3/b63-57+/t39-,42+,50-,51+,56+,58-,59-,61-,66+,67+,68-,69+/m0/s1. The van der Waals surface area contributed by atoms with Crippen LogP contribution in [0.4, 0.5) is 0 Å². The molecule has 20 bridgehead atoms. The van der Waals surface area contributed by atoms with Crippen molar-refractivity contribution in [1.29, 1.82) is 0 Å². The fraction of sp³-hybridized carbons (Fsp3) is 0.565. The predicted molar refractivity (Wildman–Crippen MR) is 297 cm³/mol. The Labute approximate surface area is 455 Å². The largest absolute Gasteiger partial charge is 0.509 e. The molecule has 3 aromatic rings. The topological polar surface area (TPSA) is 105 Å². The van der Waals surface area contributed by atoms with Crippen LogP contribution in [0.5, 0.6) is 0 Å². The van der Waals surface area contributed by atoms with Gasteiger partial charge >= 0.3 is 11.9 Å². The summed E-state index contributed by atoms with van der Waals surface area (Å²) in [5.41, 5.74) is 21.0. The number of aliphatic hydroxyl groups is 1. The van der Waals surface area contributed by atoms with E-state index in [2.05, 4.69) is 89.5 Å². The molecule has 18 aliphatic rings. The maximum absolute atomic E-state index is 16.7. The Bertz CT molecular complexity index is 3280. The molecule has 11 heterocycles. The maximum Gasteiger partial charge on any atom is 0.339 e. The van der Waals surface area contributed by atoms with Gasteiger partial charge in [0.25, 0.3) is 0 Å². The van der Waals surface area contributed by atoms with Crippen molar-refractivity contribution in [3.05, 3.63) is 156 Å². The molecule has 8 heteroatoms. The molecule has 0 aromatic heterocycles. The minimum atomic E-state index is -1.23. The summed E-state index contributed by atoms with van der Waals surface area (Å²) in [7, 11) is 0. The number of hydrogen-bond acceptors (Lipinski definition) is 8. The van der Waals surface area contributed by atoms with Crippen molar-refractivity contribution >= 4 is 18.0 Å². The van der Waals surface area contributed by atoms with Crippen molar-refractivity contribution in [2.24, 2.45) is 63.4 Å². The minimum absolute atomic E-state index is 0.0194. The first-order valence-corrected chi connectivity index (χ1v) is 30.9. The fourth-order valence-electron chi connectivity index (χ4n) is 21.7. The lowest BCUT2D eigenvalue weighted by Gasteiger charge is -2.71. The third kappa shape index (κ3) is 6.08. The predicted octanol–water partition coefficient (Wildman–Crippen LogP) is 12.3. The second kappa shape index (κ2) is 16.5. The molecule has 0 radical (unpaired) electrons. The summed E-state index contributed by atoms with van der Waals surface area (Å²) < 4.78 is 14.7. The lowest BCUT2D eigenvalue weighted by molar-refractivity contribution is -0.277. The highest BCUT2D eigenvalue weighted by Crippen LogP contribution is 2.87. The third-order valence-electron chi connectivity index (χ3n) is 24.2. The Kier molecular flexibility index (Phi) is 9.98. The van der Waals surface area contributed by atoms with Gasteiger partial charge < -0.3 is 25.2 Å². The van der Waals surface area contributed by atoms with Crippen LogP contribution < -0.4 is 5.73 Å². The van der Waals surface area contributed by atoms with Crippen molar-refractivity contribution in [2.75, 3.05) is 26.2 Å². The Balaban J connectivity index is 0.993. The number of carbonyl (C=O) groups is 2. The molecule has 21 rings (SSSR count). The SMILES string of the molecule is C[C@H]1CC2=C3[C@H]4C5=C6C=C(Cc7cc8cc9c7C=C[C@@H](CC9)C[C@H]7[C@]69C(=O)O/C(=C(/O)C[C@@H](CC6CCCCC6)N6C[C@@H]%10C[C@](Cc%11ccc(cc%11)C8)(C6)CN3[C@@H]%10CC2)[C@@]9(CC5)[C@]72OC(=O)c3c(CCCN)cccc32)[C@@H]41. The normalized spacial score (nSPS) is 40.3. The molecule has 8 nitrogen and oxygen atoms in total. The number of aliphatic hydroxyl groups excluding tert-OH is 1. The number of rotatable bonds is 5. The van der Waals surface area contributed by atoms with E-state index in [0.29, 0.717) is 67.3 Å². The monoisotopic (exact) mass is 1030 g/mol. The summed E-state index contributed by atoms with van der Waals surface area (Å²) >= 11 is 0. The zero-order valence-electron chi connectivity index (χ0n) is 45.4. The average molecular weight is 1030 g/mol. The van der Waals surface area contributed by atoms with Crippen LogP contribution in [0.15, 0.2) is 106 Å². The number of allylic oxidation sites excluding steroid dienone is 5. The van der Waals surface area contributed by atoms with E-state index in [0.717, 1.165) is 101 Å². The molecule has 11 aliphatic heterocycles. The number of nitrogens with two attached hydrogens (primary N) is 1. The lowest BCUT2D eigenvalue weighted by atomic mass is 9.28. The number of fused-ring (bicyclic) bond motifs is 6. The lowest BCUT2D eigenvalue weighted by Crippen LogP contribution is -2.77. The molecule has 4 spiro atoms. The number of benzene rings is 3. The van der Waals surface area contributed by atoms with E-state index in [1.54, 1.807) is 11.3 Å². The molecule has 3 N–H and O–H groups in total. The van der Waals surface area contributed by atoms with E-state index in [9.17, 15) is 5.11 Å². The molecule has 13 atom stereocenters. The van der Waals surface area contributed by atoms with Crippen LogP contribution in [0, 0.1) is 57.7 Å². The summed E-state index contributed by atoms with van der Waals surface area (Å²) in [4.78, 5) is 38.1. The van der Waals surface area contributed by atoms with Crippen molar-refractivity contribution < 1.29 is 24.2 Å². The van der Waals surface area contributed by atoms with Gasteiger partial charge in [-0.2, -0.15) is 0 Å². The van der Waals surface area contributed by atoms with Crippen molar-refractivity contribution in [3.8, 4) is 0 Å². The van der Waals surface area contributed by atoms with Gasteiger partial charge in [0.1, 0.15) is 11.2 Å². The van der Waals surface area contributed by atoms with E-state index >= 15 is 9.59 Å². The fourth-order valence-corrected chi connectivity index (χ4v) is 21.7. The van der Waals surface area contributed by atoms with Crippen LogP contribution in [0.25, 0.3) is 6.08 Å². The average Bonchev–Trinajstić information content (AvgIpc) is 1.63. The number of aryl methyl sites for hydroxylation is 2. The van der Waals surface area contributed by atoms with Gasteiger partial charge in [-0.05, 0) is 177 Å². The van der Waals surface area contributed by atoms with Gasteiger partial charge in [0.05, 0.1) is 11.0 Å². The number of carbonyl (C=O) groups excluding carboxylic acids is 2. The molecule has 77 heavy (non-hydrogen) atoms. The van der Waals surface area contributed by atoms with Crippen molar-refractivity contribution in [3.63, 3.8) is 0 Å². The van der Waals surface area contributed by atoms with Gasteiger partial charge in [-0.25, -0.2) is 4.79 Å². The summed E-state index contributed by atoms with van der Waals surface area (Å²) in [5, 5.41) is 13.8. The van der Waals surface area contributed by atoms with Crippen molar-refractivity contribution in [1.82, 2.24) is 9.80 Å². The first-order chi connectivity index (χ1) is 37.6. The van der Waals surface area contributed by atoms with Crippen LogP contribution >= 0.6 is 0 Å². The Hall–Kier alpha value is -5.18. The molecule has 0 amide bonds. The third-order valence-corrected chi connectivity index (χ3v) is 24.2. The Morgan fingerprint density at radius 2 is 1.75 bits per heavy atom. The zero-order chi connectivity index (χ0) is 51.3. The minimum Gasteiger partial charge on any atom is -0.509 e. The zero-order valence-corrected chi connectivity index (χ0v) is 45.4. The molecule has 7 aliphatic carbocycles. The molecular formula is C69H77N3O5. The van der Waals surface area contributed by atoms with Crippen LogP contribution in [0.2, 0.25) is 0 Å². The first kappa shape index (κ1) is 46.7. The number of piperidine rings is 2. The van der Waals surface area contributed by atoms with Gasteiger partial charge in [0, 0.05) is 66.7 Å². The highest BCUT2D eigenvalue weighted by Gasteiger charge is 2.93. The molecular weight excluding hydrogens is 951 g/mol. The maximum atomic E-state index is 16.7. The highest BCUT2D eigenvalue weighted by molar-refractivity contribution is 6.00. The molecule has 398 valence electrons. The summed E-state index contributed by atoms with van der Waals surface area (Å²) in [6, 6.07) is 21.9. The molecule has 3 aromatic carbocycles. The summed E-state index contributed by atoms with van der Waals surface area (Å²) in [5.74, 6) is 1.76. The molecule has 2 saturated carbocycles. The van der Waals surface area contributed by atoms with Gasteiger partial charge in [-0.1, -0.05) is 129 Å². The second-order valence-electron chi connectivity index (χ2n) is 27.9. The van der Waals surface area contributed by atoms with Crippen LogP contribution in [0.1, 0.15) is 165 Å². The van der Waals surface area contributed by atoms with Gasteiger partial charge in [-0.3, -0.25) is 9.69 Å². The van der Waals surface area contributed by atoms with E-state index in [1.807, 2.05) is 0 Å². The molecule has 5 fully saturated rings. The van der Waals surface area contributed by atoms with Gasteiger partial charge in [0.2, 0.25) is 0 Å². The van der Waals surface area contributed by atoms with Crippen LogP contribution in [0.3, 0.4) is 0 Å².